The Bertz CT molecular complexity index is 446. The molecular formula is C10H8F3NO2. The lowest BCUT2D eigenvalue weighted by molar-refractivity contribution is -0.192. The van der Waals surface area contributed by atoms with Crippen molar-refractivity contribution in [2.24, 2.45) is 0 Å². The van der Waals surface area contributed by atoms with Crippen LogP contribution < -0.4 is 0 Å². The lowest BCUT2D eigenvalue weighted by atomic mass is 10.2. The number of carboxylic acids is 1. The third-order valence-electron chi connectivity index (χ3n) is 1.72. The smallest absolute Gasteiger partial charge is 0.475 e. The third-order valence-corrected chi connectivity index (χ3v) is 1.72. The molecule has 0 atom stereocenters. The fourth-order valence-electron chi connectivity index (χ4n) is 0.995. The molecule has 3 nitrogen and oxygen atoms in total. The Morgan fingerprint density at radius 1 is 1.12 bits per heavy atom. The largest absolute Gasteiger partial charge is 0.490 e. The van der Waals surface area contributed by atoms with Crippen LogP contribution in [-0.2, 0) is 4.79 Å². The minimum atomic E-state index is -5.08. The molecule has 2 aromatic rings. The highest BCUT2D eigenvalue weighted by atomic mass is 19.4. The highest BCUT2D eigenvalue weighted by Gasteiger charge is 2.38. The zero-order valence-corrected chi connectivity index (χ0v) is 7.95. The summed E-state index contributed by atoms with van der Waals surface area (Å²) in [4.78, 5) is 11.9. The van der Waals surface area contributed by atoms with Crippen LogP contribution in [0.15, 0.2) is 36.7 Å². The van der Waals surface area contributed by atoms with Gasteiger partial charge in [0, 0.05) is 12.4 Å². The Labute approximate surface area is 88.5 Å². The number of H-pyrrole nitrogens is 1. The van der Waals surface area contributed by atoms with E-state index >= 15 is 0 Å². The van der Waals surface area contributed by atoms with Gasteiger partial charge in [0.25, 0.3) is 0 Å². The number of rotatable bonds is 0. The SMILES string of the molecule is O=C(O)C(F)(F)F.c1ccc2c[nH]cc2c1. The van der Waals surface area contributed by atoms with E-state index in [2.05, 4.69) is 17.1 Å². The van der Waals surface area contributed by atoms with E-state index in [0.29, 0.717) is 0 Å². The van der Waals surface area contributed by atoms with E-state index in [1.54, 1.807) is 0 Å². The van der Waals surface area contributed by atoms with Crippen molar-refractivity contribution in [3.63, 3.8) is 0 Å². The Morgan fingerprint density at radius 2 is 1.50 bits per heavy atom. The van der Waals surface area contributed by atoms with Crippen molar-refractivity contribution in [1.29, 1.82) is 0 Å². The van der Waals surface area contributed by atoms with Crippen LogP contribution in [0.2, 0.25) is 0 Å². The van der Waals surface area contributed by atoms with Crippen molar-refractivity contribution >= 4 is 16.7 Å². The molecule has 1 heterocycles. The van der Waals surface area contributed by atoms with Gasteiger partial charge in [-0.15, -0.1) is 0 Å². The van der Waals surface area contributed by atoms with Crippen molar-refractivity contribution < 1.29 is 23.1 Å². The number of alkyl halides is 3. The van der Waals surface area contributed by atoms with Crippen LogP contribution in [0, 0.1) is 0 Å². The van der Waals surface area contributed by atoms with E-state index in [4.69, 9.17) is 9.90 Å². The Morgan fingerprint density at radius 3 is 1.81 bits per heavy atom. The number of halogens is 3. The van der Waals surface area contributed by atoms with Gasteiger partial charge in [0.2, 0.25) is 0 Å². The quantitative estimate of drug-likeness (QED) is 0.732. The molecule has 2 rings (SSSR count). The number of aliphatic carboxylic acids is 1. The Kier molecular flexibility index (Phi) is 3.55. The topological polar surface area (TPSA) is 53.1 Å². The van der Waals surface area contributed by atoms with Crippen molar-refractivity contribution in [2.75, 3.05) is 0 Å². The second-order valence-electron chi connectivity index (χ2n) is 2.89. The minimum Gasteiger partial charge on any atom is -0.475 e. The monoisotopic (exact) mass is 231 g/mol. The van der Waals surface area contributed by atoms with Gasteiger partial charge < -0.3 is 10.1 Å². The number of nitrogens with one attached hydrogen (secondary N) is 1. The maximum Gasteiger partial charge on any atom is 0.490 e. The van der Waals surface area contributed by atoms with Gasteiger partial charge in [-0.05, 0) is 10.8 Å². The molecule has 6 heteroatoms. The van der Waals surface area contributed by atoms with Gasteiger partial charge in [0.1, 0.15) is 0 Å². The fraction of sp³-hybridized carbons (Fsp3) is 0.100. The second kappa shape index (κ2) is 4.69. The van der Waals surface area contributed by atoms with E-state index in [9.17, 15) is 13.2 Å². The van der Waals surface area contributed by atoms with E-state index in [-0.39, 0.29) is 0 Å². The predicted molar refractivity (Wildman–Crippen MR) is 52.0 cm³/mol. The number of hydrogen-bond donors (Lipinski definition) is 2. The van der Waals surface area contributed by atoms with Gasteiger partial charge in [0.05, 0.1) is 0 Å². The van der Waals surface area contributed by atoms with Gasteiger partial charge in [-0.1, -0.05) is 24.3 Å². The highest BCUT2D eigenvalue weighted by molar-refractivity contribution is 5.81. The van der Waals surface area contributed by atoms with E-state index in [1.807, 2.05) is 24.5 Å². The lowest BCUT2D eigenvalue weighted by Gasteiger charge is -1.93. The number of fused-ring (bicyclic) bond motifs is 1. The molecule has 1 aromatic carbocycles. The summed E-state index contributed by atoms with van der Waals surface area (Å²) >= 11 is 0. The zero-order valence-electron chi connectivity index (χ0n) is 7.95. The maximum absolute atomic E-state index is 10.6. The summed E-state index contributed by atoms with van der Waals surface area (Å²) in [5.41, 5.74) is 0. The third kappa shape index (κ3) is 3.30. The maximum atomic E-state index is 10.6. The Balaban J connectivity index is 0.000000168. The molecule has 0 radical (unpaired) electrons. The van der Waals surface area contributed by atoms with Crippen molar-refractivity contribution in [3.05, 3.63) is 36.7 Å². The molecule has 0 spiro atoms. The van der Waals surface area contributed by atoms with Crippen LogP contribution in [0.5, 0.6) is 0 Å². The molecule has 86 valence electrons. The average Bonchev–Trinajstić information content (AvgIpc) is 2.64. The number of aromatic nitrogens is 1. The standard InChI is InChI=1S/C8H7N.C2HF3O2/c1-2-4-8-6-9-5-7(8)3-1;3-2(4,5)1(6)7/h1-6,9H;(H,6,7). The van der Waals surface area contributed by atoms with Crippen LogP contribution in [0.3, 0.4) is 0 Å². The molecule has 2 N–H and O–H groups in total. The van der Waals surface area contributed by atoms with Crippen LogP contribution in [0.4, 0.5) is 13.2 Å². The summed E-state index contributed by atoms with van der Waals surface area (Å²) in [5, 5.41) is 9.68. The second-order valence-corrected chi connectivity index (χ2v) is 2.89. The normalized spacial score (nSPS) is 10.7. The van der Waals surface area contributed by atoms with Crippen LogP contribution in [-0.4, -0.2) is 22.2 Å². The van der Waals surface area contributed by atoms with Gasteiger partial charge in [-0.3, -0.25) is 0 Å². The van der Waals surface area contributed by atoms with Crippen LogP contribution >= 0.6 is 0 Å². The van der Waals surface area contributed by atoms with E-state index in [1.165, 1.54) is 10.8 Å². The molecule has 0 saturated heterocycles. The van der Waals surface area contributed by atoms with Gasteiger partial charge in [-0.25, -0.2) is 4.79 Å². The van der Waals surface area contributed by atoms with Crippen LogP contribution in [0.25, 0.3) is 10.8 Å². The molecule has 0 aliphatic heterocycles. The molecule has 0 aliphatic rings. The minimum absolute atomic E-state index is 1.28. The van der Waals surface area contributed by atoms with Crippen LogP contribution in [0.1, 0.15) is 0 Å². The number of carboxylic acid groups (broad SMARTS) is 1. The molecule has 0 fully saturated rings. The fourth-order valence-corrected chi connectivity index (χ4v) is 0.995. The molecule has 0 saturated carbocycles. The zero-order chi connectivity index (χ0) is 12.2. The number of hydrogen-bond acceptors (Lipinski definition) is 1. The molecule has 0 amide bonds. The molecule has 0 unspecified atom stereocenters. The summed E-state index contributed by atoms with van der Waals surface area (Å²) in [6, 6.07) is 8.25. The molecule has 0 aliphatic carbocycles. The molecule has 16 heavy (non-hydrogen) atoms. The molecular weight excluding hydrogens is 223 g/mol. The molecule has 0 bridgehead atoms. The van der Waals surface area contributed by atoms with Crippen molar-refractivity contribution in [2.45, 2.75) is 6.18 Å². The van der Waals surface area contributed by atoms with Gasteiger partial charge in [0.15, 0.2) is 0 Å². The first-order valence-corrected chi connectivity index (χ1v) is 4.23. The number of aromatic amines is 1. The summed E-state index contributed by atoms with van der Waals surface area (Å²) in [6.07, 6.45) is -1.09. The first kappa shape index (κ1) is 12.1. The summed E-state index contributed by atoms with van der Waals surface area (Å²) in [5.74, 6) is -2.76. The Hall–Kier alpha value is -1.98. The lowest BCUT2D eigenvalue weighted by Crippen LogP contribution is -2.21. The predicted octanol–water partition coefficient (Wildman–Crippen LogP) is 2.80. The first-order valence-electron chi connectivity index (χ1n) is 4.23. The number of carbonyl (C=O) groups is 1. The summed E-state index contributed by atoms with van der Waals surface area (Å²) < 4.78 is 31.7. The van der Waals surface area contributed by atoms with E-state index < -0.39 is 12.1 Å². The van der Waals surface area contributed by atoms with Crippen molar-refractivity contribution in [3.8, 4) is 0 Å². The highest BCUT2D eigenvalue weighted by Crippen LogP contribution is 2.13. The number of benzene rings is 1. The summed E-state index contributed by atoms with van der Waals surface area (Å²) in [6.45, 7) is 0. The van der Waals surface area contributed by atoms with E-state index in [0.717, 1.165) is 0 Å². The molecule has 1 aromatic heterocycles. The summed E-state index contributed by atoms with van der Waals surface area (Å²) in [7, 11) is 0. The van der Waals surface area contributed by atoms with Gasteiger partial charge in [-0.2, -0.15) is 13.2 Å². The average molecular weight is 231 g/mol. The first-order chi connectivity index (χ1) is 7.41. The van der Waals surface area contributed by atoms with Crippen molar-refractivity contribution in [1.82, 2.24) is 4.98 Å². The van der Waals surface area contributed by atoms with Gasteiger partial charge >= 0.3 is 12.1 Å².